The molecule has 5 nitrogen and oxygen atoms in total. The van der Waals surface area contributed by atoms with E-state index >= 15 is 0 Å². The van der Waals surface area contributed by atoms with Crippen molar-refractivity contribution in [1.82, 2.24) is 10.1 Å². The van der Waals surface area contributed by atoms with Crippen LogP contribution in [0.4, 0.5) is 5.69 Å². The summed E-state index contributed by atoms with van der Waals surface area (Å²) in [6.07, 6.45) is 7.23. The molecule has 2 aromatic carbocycles. The van der Waals surface area contributed by atoms with Crippen LogP contribution in [0, 0.1) is 11.8 Å². The van der Waals surface area contributed by atoms with E-state index in [1.54, 1.807) is 0 Å². The Labute approximate surface area is 191 Å². The summed E-state index contributed by atoms with van der Waals surface area (Å²) in [5, 5.41) is 5.65. The van der Waals surface area contributed by atoms with Crippen molar-refractivity contribution >= 4 is 16.7 Å². The first-order valence-corrected chi connectivity index (χ1v) is 12.1. The Balaban J connectivity index is 1.24. The molecule has 0 spiro atoms. The van der Waals surface area contributed by atoms with Crippen molar-refractivity contribution in [3.05, 3.63) is 53.7 Å². The van der Waals surface area contributed by atoms with E-state index in [2.05, 4.69) is 71.5 Å². The molecule has 0 unspecified atom stereocenters. The van der Waals surface area contributed by atoms with Gasteiger partial charge in [-0.3, -0.25) is 0 Å². The molecule has 2 fully saturated rings. The van der Waals surface area contributed by atoms with Gasteiger partial charge in [0.1, 0.15) is 5.75 Å². The molecule has 2 aliphatic rings. The smallest absolute Gasteiger partial charge is 0.175 e. The minimum Gasteiger partial charge on any atom is -0.493 e. The van der Waals surface area contributed by atoms with Crippen LogP contribution in [0.15, 0.2) is 47.0 Å². The van der Waals surface area contributed by atoms with Crippen LogP contribution in [-0.2, 0) is 13.0 Å². The van der Waals surface area contributed by atoms with E-state index in [1.165, 1.54) is 37.8 Å². The molecule has 170 valence electrons. The number of piperidine rings is 1. The summed E-state index contributed by atoms with van der Waals surface area (Å²) in [6, 6.07) is 15.1. The maximum atomic E-state index is 6.16. The standard InChI is InChI=1S/C27H35N3O2/c1-29(2)18-24-26(31-19-21-8-9-21)13-11-23-25(28-32-27(23)24)12-10-20-14-16-30(17-15-20)22-6-4-3-5-7-22/h3-7,11,13,20-21H,8-10,12,14-19H2,1-2H3. The Morgan fingerprint density at radius 1 is 1.00 bits per heavy atom. The first kappa shape index (κ1) is 21.3. The van der Waals surface area contributed by atoms with Gasteiger partial charge in [0.2, 0.25) is 0 Å². The van der Waals surface area contributed by atoms with Gasteiger partial charge in [0, 0.05) is 30.7 Å². The lowest BCUT2D eigenvalue weighted by molar-refractivity contribution is 0.289. The van der Waals surface area contributed by atoms with E-state index in [9.17, 15) is 0 Å². The fraction of sp³-hybridized carbons (Fsp3) is 0.519. The number of aromatic nitrogens is 1. The second kappa shape index (κ2) is 9.53. The average Bonchev–Trinajstić information content (AvgIpc) is 3.55. The highest BCUT2D eigenvalue weighted by atomic mass is 16.5. The first-order valence-electron chi connectivity index (χ1n) is 12.1. The van der Waals surface area contributed by atoms with Gasteiger partial charge in [-0.05, 0) is 88.7 Å². The van der Waals surface area contributed by atoms with Crippen molar-refractivity contribution in [2.24, 2.45) is 11.8 Å². The number of rotatable bonds is 9. The lowest BCUT2D eigenvalue weighted by Crippen LogP contribution is -2.33. The van der Waals surface area contributed by atoms with Gasteiger partial charge >= 0.3 is 0 Å². The highest BCUT2D eigenvalue weighted by Gasteiger charge is 2.24. The molecule has 32 heavy (non-hydrogen) atoms. The fourth-order valence-corrected chi connectivity index (χ4v) is 4.82. The van der Waals surface area contributed by atoms with Crippen LogP contribution < -0.4 is 9.64 Å². The quantitative estimate of drug-likeness (QED) is 0.444. The Hall–Kier alpha value is -2.53. The van der Waals surface area contributed by atoms with Gasteiger partial charge in [-0.25, -0.2) is 0 Å². The molecule has 2 heterocycles. The number of nitrogens with zero attached hydrogens (tertiary/aromatic N) is 3. The van der Waals surface area contributed by atoms with Crippen molar-refractivity contribution in [1.29, 1.82) is 0 Å². The Bertz CT molecular complexity index is 1020. The Kier molecular flexibility index (Phi) is 6.35. The van der Waals surface area contributed by atoms with Crippen LogP contribution in [0.5, 0.6) is 5.75 Å². The van der Waals surface area contributed by atoms with Crippen molar-refractivity contribution < 1.29 is 9.26 Å². The number of aryl methyl sites for hydroxylation is 1. The van der Waals surface area contributed by atoms with Gasteiger partial charge in [-0.2, -0.15) is 0 Å². The van der Waals surface area contributed by atoms with Crippen molar-refractivity contribution in [3.8, 4) is 5.75 Å². The molecule has 0 radical (unpaired) electrons. The number of anilines is 1. The molecule has 1 aromatic heterocycles. The highest BCUT2D eigenvalue weighted by molar-refractivity contribution is 5.84. The van der Waals surface area contributed by atoms with Crippen molar-refractivity contribution in [3.63, 3.8) is 0 Å². The van der Waals surface area contributed by atoms with Gasteiger partial charge in [-0.15, -0.1) is 0 Å². The number of hydrogen-bond acceptors (Lipinski definition) is 5. The summed E-state index contributed by atoms with van der Waals surface area (Å²) in [6.45, 7) is 3.89. The summed E-state index contributed by atoms with van der Waals surface area (Å²) >= 11 is 0. The lowest BCUT2D eigenvalue weighted by Gasteiger charge is -2.33. The third-order valence-electron chi connectivity index (χ3n) is 6.95. The average molecular weight is 434 g/mol. The van der Waals surface area contributed by atoms with Crippen LogP contribution in [-0.4, -0.2) is 43.8 Å². The minimum absolute atomic E-state index is 0.733. The number of para-hydroxylation sites is 1. The molecule has 0 amide bonds. The van der Waals surface area contributed by atoms with Gasteiger partial charge in [0.25, 0.3) is 0 Å². The monoisotopic (exact) mass is 433 g/mol. The summed E-state index contributed by atoms with van der Waals surface area (Å²) in [4.78, 5) is 4.68. The molecule has 1 saturated carbocycles. The molecule has 1 aliphatic carbocycles. The Morgan fingerprint density at radius 3 is 2.50 bits per heavy atom. The second-order valence-electron chi connectivity index (χ2n) is 9.85. The van der Waals surface area contributed by atoms with Crippen LogP contribution >= 0.6 is 0 Å². The van der Waals surface area contributed by atoms with Gasteiger partial charge < -0.3 is 19.1 Å². The second-order valence-corrected chi connectivity index (χ2v) is 9.85. The molecule has 1 saturated heterocycles. The van der Waals surface area contributed by atoms with Crippen LogP contribution in [0.25, 0.3) is 11.0 Å². The summed E-state index contributed by atoms with van der Waals surface area (Å²) in [7, 11) is 4.17. The topological polar surface area (TPSA) is 41.7 Å². The van der Waals surface area contributed by atoms with Crippen molar-refractivity contribution in [2.45, 2.75) is 45.1 Å². The zero-order valence-electron chi connectivity index (χ0n) is 19.4. The maximum absolute atomic E-state index is 6.16. The molecular weight excluding hydrogens is 398 g/mol. The number of benzene rings is 2. The SMILES string of the molecule is CN(C)Cc1c(OCC2CC2)ccc2c(CCC3CCN(c4ccccc4)CC3)noc12. The van der Waals surface area contributed by atoms with Gasteiger partial charge in [0.05, 0.1) is 17.9 Å². The molecule has 0 bridgehead atoms. The summed E-state index contributed by atoms with van der Waals surface area (Å²) in [5.41, 5.74) is 4.48. The van der Waals surface area contributed by atoms with Crippen LogP contribution in [0.1, 0.15) is 43.4 Å². The molecule has 0 atom stereocenters. The number of fused-ring (bicyclic) bond motifs is 1. The lowest BCUT2D eigenvalue weighted by atomic mass is 9.91. The van der Waals surface area contributed by atoms with Crippen molar-refractivity contribution in [2.75, 3.05) is 38.7 Å². The normalized spacial score (nSPS) is 17.4. The zero-order valence-corrected chi connectivity index (χ0v) is 19.4. The third-order valence-corrected chi connectivity index (χ3v) is 6.95. The number of hydrogen-bond donors (Lipinski definition) is 0. The van der Waals surface area contributed by atoms with E-state index in [-0.39, 0.29) is 0 Å². The third kappa shape index (κ3) is 4.93. The van der Waals surface area contributed by atoms with Gasteiger partial charge in [-0.1, -0.05) is 23.4 Å². The van der Waals surface area contributed by atoms with Gasteiger partial charge in [0.15, 0.2) is 5.58 Å². The predicted molar refractivity (Wildman–Crippen MR) is 129 cm³/mol. The fourth-order valence-electron chi connectivity index (χ4n) is 4.82. The molecule has 5 heteroatoms. The minimum atomic E-state index is 0.733. The van der Waals surface area contributed by atoms with E-state index in [4.69, 9.17) is 9.26 Å². The van der Waals surface area contributed by atoms with Crippen LogP contribution in [0.2, 0.25) is 0 Å². The molecule has 0 N–H and O–H groups in total. The molecule has 5 rings (SSSR count). The number of ether oxygens (including phenoxy) is 1. The Morgan fingerprint density at radius 2 is 1.78 bits per heavy atom. The van der Waals surface area contributed by atoms with Crippen LogP contribution in [0.3, 0.4) is 0 Å². The highest BCUT2D eigenvalue weighted by Crippen LogP contribution is 2.35. The zero-order chi connectivity index (χ0) is 21.9. The molecule has 3 aromatic rings. The summed E-state index contributed by atoms with van der Waals surface area (Å²) < 4.78 is 12.1. The predicted octanol–water partition coefficient (Wildman–Crippen LogP) is 5.53. The van der Waals surface area contributed by atoms with E-state index in [0.717, 1.165) is 72.5 Å². The molecular formula is C27H35N3O2. The largest absolute Gasteiger partial charge is 0.493 e. The summed E-state index contributed by atoms with van der Waals surface area (Å²) in [5.74, 6) is 2.44. The first-order chi connectivity index (χ1) is 15.7. The molecule has 1 aliphatic heterocycles. The van der Waals surface area contributed by atoms with E-state index < -0.39 is 0 Å². The maximum Gasteiger partial charge on any atom is 0.175 e. The van der Waals surface area contributed by atoms with E-state index in [0.29, 0.717) is 0 Å². The van der Waals surface area contributed by atoms with E-state index in [1.807, 2.05) is 0 Å².